The third-order valence-electron chi connectivity index (χ3n) is 3.32. The molecule has 0 radical (unpaired) electrons. The Morgan fingerprint density at radius 2 is 2.19 bits per heavy atom. The number of amides is 1. The maximum absolute atomic E-state index is 12.5. The van der Waals surface area contributed by atoms with E-state index in [4.69, 9.17) is 16.3 Å². The lowest BCUT2D eigenvalue weighted by molar-refractivity contribution is -0.384. The summed E-state index contributed by atoms with van der Waals surface area (Å²) in [7, 11) is 0. The quantitative estimate of drug-likeness (QED) is 0.549. The van der Waals surface area contributed by atoms with E-state index in [9.17, 15) is 23.7 Å². The molecule has 8 nitrogen and oxygen atoms in total. The third kappa shape index (κ3) is 5.12. The van der Waals surface area contributed by atoms with Crippen LogP contribution in [0.5, 0.6) is 5.75 Å². The molecule has 0 saturated heterocycles. The van der Waals surface area contributed by atoms with Gasteiger partial charge in [0.1, 0.15) is 18.4 Å². The van der Waals surface area contributed by atoms with Crippen LogP contribution >= 0.6 is 11.6 Å². The van der Waals surface area contributed by atoms with E-state index < -0.39 is 35.6 Å². The van der Waals surface area contributed by atoms with Gasteiger partial charge in [0.15, 0.2) is 0 Å². The third-order valence-corrected chi connectivity index (χ3v) is 3.52. The van der Waals surface area contributed by atoms with Crippen LogP contribution in [0.2, 0.25) is 5.02 Å². The van der Waals surface area contributed by atoms with Gasteiger partial charge < -0.3 is 10.1 Å². The Kier molecular flexibility index (Phi) is 6.45. The summed E-state index contributed by atoms with van der Waals surface area (Å²) in [6, 6.07) is 2.64. The van der Waals surface area contributed by atoms with Gasteiger partial charge in [0.05, 0.1) is 27.9 Å². The molecule has 1 atom stereocenters. The molecule has 11 heteroatoms. The molecule has 1 unspecified atom stereocenters. The zero-order valence-corrected chi connectivity index (χ0v) is 14.3. The first-order valence-electron chi connectivity index (χ1n) is 7.51. The molecule has 0 aliphatic heterocycles. The van der Waals surface area contributed by atoms with Crippen LogP contribution in [0, 0.1) is 10.1 Å². The van der Waals surface area contributed by atoms with Crippen molar-refractivity contribution in [2.75, 3.05) is 11.9 Å². The van der Waals surface area contributed by atoms with Crippen LogP contribution in [0.15, 0.2) is 30.6 Å². The lowest BCUT2D eigenvalue weighted by Crippen LogP contribution is -2.26. The number of nitro benzene ring substituents is 1. The number of alkyl halides is 2. The van der Waals surface area contributed by atoms with Gasteiger partial charge in [-0.2, -0.15) is 5.10 Å². The molecular weight excluding hydrogens is 374 g/mol. The molecule has 0 aliphatic carbocycles. The predicted molar refractivity (Wildman–Crippen MR) is 89.8 cm³/mol. The van der Waals surface area contributed by atoms with Crippen LogP contribution in [-0.2, 0) is 4.79 Å². The largest absolute Gasteiger partial charge is 0.487 e. The highest BCUT2D eigenvalue weighted by molar-refractivity contribution is 6.30. The normalized spacial score (nSPS) is 12.0. The molecular formula is C15H15ClF2N4O4. The number of ether oxygens (including phenoxy) is 1. The fourth-order valence-electron chi connectivity index (χ4n) is 2.21. The number of anilines is 1. The van der Waals surface area contributed by atoms with Crippen molar-refractivity contribution in [1.29, 1.82) is 0 Å². The maximum atomic E-state index is 12.5. The second-order valence-electron chi connectivity index (χ2n) is 5.23. The Bertz CT molecular complexity index is 800. The van der Waals surface area contributed by atoms with Crippen molar-refractivity contribution in [3.8, 4) is 5.75 Å². The molecule has 2 rings (SSSR count). The molecule has 0 spiro atoms. The topological polar surface area (TPSA) is 99.3 Å². The van der Waals surface area contributed by atoms with Gasteiger partial charge in [-0.25, -0.2) is 8.78 Å². The molecule has 1 amide bonds. The van der Waals surface area contributed by atoms with Gasteiger partial charge in [0.2, 0.25) is 5.91 Å². The zero-order valence-electron chi connectivity index (χ0n) is 13.6. The maximum Gasteiger partial charge on any atom is 0.275 e. The first-order valence-corrected chi connectivity index (χ1v) is 7.89. The van der Waals surface area contributed by atoms with E-state index in [2.05, 4.69) is 10.4 Å². The highest BCUT2D eigenvalue weighted by Crippen LogP contribution is 2.27. The minimum absolute atomic E-state index is 0.0465. The van der Waals surface area contributed by atoms with Crippen molar-refractivity contribution in [2.24, 2.45) is 0 Å². The van der Waals surface area contributed by atoms with Crippen molar-refractivity contribution in [1.82, 2.24) is 9.78 Å². The lowest BCUT2D eigenvalue weighted by atomic mass is 10.2. The first-order chi connectivity index (χ1) is 12.3. The van der Waals surface area contributed by atoms with Crippen molar-refractivity contribution in [2.45, 2.75) is 25.8 Å². The van der Waals surface area contributed by atoms with Gasteiger partial charge in [-0.3, -0.25) is 19.6 Å². The van der Waals surface area contributed by atoms with Gasteiger partial charge in [-0.15, -0.1) is 0 Å². The Labute approximate surface area is 151 Å². The van der Waals surface area contributed by atoms with E-state index in [1.165, 1.54) is 23.1 Å². The Hall–Kier alpha value is -2.75. The second-order valence-corrected chi connectivity index (χ2v) is 5.66. The number of hydrogen-bond donors (Lipinski definition) is 1. The standard InChI is InChI=1S/C15H15ClF2N4O4/c1-2-13(21-7-9(16)6-19-21)15(23)20-10-3-11(22(24)25)5-12(4-10)26-8-14(17)18/h3-7,13-14H,2,8H2,1H3,(H,20,23). The van der Waals surface area contributed by atoms with Gasteiger partial charge in [0, 0.05) is 18.3 Å². The summed E-state index contributed by atoms with van der Waals surface area (Å²) in [6.45, 7) is 0.836. The number of benzene rings is 1. The van der Waals surface area contributed by atoms with Crippen LogP contribution in [0.3, 0.4) is 0 Å². The molecule has 2 aromatic rings. The molecule has 0 aliphatic rings. The van der Waals surface area contributed by atoms with Crippen molar-refractivity contribution < 1.29 is 23.2 Å². The van der Waals surface area contributed by atoms with Crippen molar-refractivity contribution in [3.63, 3.8) is 0 Å². The summed E-state index contributed by atoms with van der Waals surface area (Å²) < 4.78 is 30.7. The van der Waals surface area contributed by atoms with Gasteiger partial charge in [-0.05, 0) is 6.42 Å². The summed E-state index contributed by atoms with van der Waals surface area (Å²) in [5.74, 6) is -0.641. The van der Waals surface area contributed by atoms with Crippen molar-refractivity contribution >= 4 is 28.9 Å². The summed E-state index contributed by atoms with van der Waals surface area (Å²) >= 11 is 5.80. The van der Waals surface area contributed by atoms with Crippen LogP contribution in [0.1, 0.15) is 19.4 Å². The van der Waals surface area contributed by atoms with E-state index in [0.717, 1.165) is 12.1 Å². The number of non-ortho nitro benzene ring substituents is 1. The second kappa shape index (κ2) is 8.56. The zero-order chi connectivity index (χ0) is 19.3. The molecule has 1 N–H and O–H groups in total. The summed E-state index contributed by atoms with van der Waals surface area (Å²) in [6.07, 6.45) is 0.496. The summed E-state index contributed by atoms with van der Waals surface area (Å²) in [5, 5.41) is 17.8. The van der Waals surface area contributed by atoms with Crippen LogP contribution in [-0.4, -0.2) is 33.6 Å². The molecule has 1 aromatic carbocycles. The first kappa shape index (κ1) is 19.6. The average Bonchev–Trinajstić information content (AvgIpc) is 2.99. The number of carbonyl (C=O) groups excluding carboxylic acids is 1. The smallest absolute Gasteiger partial charge is 0.275 e. The molecule has 1 heterocycles. The van der Waals surface area contributed by atoms with Crippen molar-refractivity contribution in [3.05, 3.63) is 45.7 Å². The van der Waals surface area contributed by atoms with E-state index >= 15 is 0 Å². The number of nitrogens with zero attached hydrogens (tertiary/aromatic N) is 3. The number of hydrogen-bond acceptors (Lipinski definition) is 5. The molecule has 0 fully saturated rings. The number of nitrogens with one attached hydrogen (secondary N) is 1. The number of nitro groups is 1. The number of rotatable bonds is 8. The summed E-state index contributed by atoms with van der Waals surface area (Å²) in [5.41, 5.74) is -0.354. The number of halogens is 3. The highest BCUT2D eigenvalue weighted by Gasteiger charge is 2.21. The summed E-state index contributed by atoms with van der Waals surface area (Å²) in [4.78, 5) is 22.8. The Balaban J connectivity index is 2.23. The van der Waals surface area contributed by atoms with Crippen LogP contribution in [0.25, 0.3) is 0 Å². The SMILES string of the molecule is CCC(C(=O)Nc1cc(OCC(F)F)cc([N+](=O)[O-])c1)n1cc(Cl)cn1. The van der Waals surface area contributed by atoms with E-state index in [0.29, 0.717) is 11.4 Å². The molecule has 140 valence electrons. The van der Waals surface area contributed by atoms with E-state index in [-0.39, 0.29) is 11.4 Å². The Morgan fingerprint density at radius 3 is 2.73 bits per heavy atom. The lowest BCUT2D eigenvalue weighted by Gasteiger charge is -2.16. The van der Waals surface area contributed by atoms with Gasteiger partial charge in [0.25, 0.3) is 12.1 Å². The fraction of sp³-hybridized carbons (Fsp3) is 0.333. The molecule has 26 heavy (non-hydrogen) atoms. The highest BCUT2D eigenvalue weighted by atomic mass is 35.5. The van der Waals surface area contributed by atoms with Gasteiger partial charge >= 0.3 is 0 Å². The molecule has 1 aromatic heterocycles. The van der Waals surface area contributed by atoms with Gasteiger partial charge in [-0.1, -0.05) is 18.5 Å². The van der Waals surface area contributed by atoms with Crippen LogP contribution in [0.4, 0.5) is 20.2 Å². The predicted octanol–water partition coefficient (Wildman–Crippen LogP) is 3.68. The minimum atomic E-state index is -2.73. The van der Waals surface area contributed by atoms with E-state index in [1.807, 2.05) is 0 Å². The molecule has 0 saturated carbocycles. The average molecular weight is 389 g/mol. The fourth-order valence-corrected chi connectivity index (χ4v) is 2.35. The number of aromatic nitrogens is 2. The monoisotopic (exact) mass is 388 g/mol. The van der Waals surface area contributed by atoms with E-state index in [1.54, 1.807) is 6.92 Å². The minimum Gasteiger partial charge on any atom is -0.487 e. The number of carbonyl (C=O) groups is 1. The van der Waals surface area contributed by atoms with Crippen LogP contribution < -0.4 is 10.1 Å². The molecule has 0 bridgehead atoms. The Morgan fingerprint density at radius 1 is 1.46 bits per heavy atom.